The van der Waals surface area contributed by atoms with E-state index in [1.807, 2.05) is 25.1 Å². The number of rotatable bonds is 4. The number of benzene rings is 1. The van der Waals surface area contributed by atoms with Gasteiger partial charge in [-0.15, -0.1) is 0 Å². The quantitative estimate of drug-likeness (QED) is 0.903. The first kappa shape index (κ1) is 16.1. The molecule has 0 aliphatic carbocycles. The molecule has 1 saturated heterocycles. The summed E-state index contributed by atoms with van der Waals surface area (Å²) in [4.78, 5) is 28.7. The number of nitrogens with one attached hydrogen (secondary N) is 1. The minimum absolute atomic E-state index is 0.116. The molecule has 2 aromatic rings. The number of H-pyrrole nitrogens is 1. The topological polar surface area (TPSA) is 82.6 Å². The van der Waals surface area contributed by atoms with E-state index in [9.17, 15) is 14.7 Å². The standard InChI is InChI=1S/C18H20N2O4/c1-13-4-2-5-14(12-13)24-18(17(22)23)7-10-20(11-8-18)16(21)15-6-3-9-19-15/h2-6,9,12,19H,7-8,10-11H2,1H3,(H,22,23). The van der Waals surface area contributed by atoms with Gasteiger partial charge in [-0.05, 0) is 36.8 Å². The molecule has 1 aromatic heterocycles. The summed E-state index contributed by atoms with van der Waals surface area (Å²) in [5, 5.41) is 9.69. The van der Waals surface area contributed by atoms with Crippen LogP contribution in [0.2, 0.25) is 0 Å². The first-order valence-corrected chi connectivity index (χ1v) is 7.92. The third-order valence-corrected chi connectivity index (χ3v) is 4.38. The van der Waals surface area contributed by atoms with Gasteiger partial charge in [0.1, 0.15) is 11.4 Å². The summed E-state index contributed by atoms with van der Waals surface area (Å²) in [7, 11) is 0. The SMILES string of the molecule is Cc1cccc(OC2(C(=O)O)CCN(C(=O)c3ccc[nH]3)CC2)c1. The van der Waals surface area contributed by atoms with Gasteiger partial charge in [-0.2, -0.15) is 0 Å². The summed E-state index contributed by atoms with van der Waals surface area (Å²) in [5.74, 6) is -0.563. The monoisotopic (exact) mass is 328 g/mol. The van der Waals surface area contributed by atoms with Gasteiger partial charge in [0, 0.05) is 32.1 Å². The Morgan fingerprint density at radius 1 is 1.21 bits per heavy atom. The fraction of sp³-hybridized carbons (Fsp3) is 0.333. The van der Waals surface area contributed by atoms with Crippen molar-refractivity contribution < 1.29 is 19.4 Å². The van der Waals surface area contributed by atoms with Crippen molar-refractivity contribution in [3.63, 3.8) is 0 Å². The second-order valence-corrected chi connectivity index (χ2v) is 6.09. The molecule has 0 saturated carbocycles. The maximum Gasteiger partial charge on any atom is 0.348 e. The normalized spacial score (nSPS) is 16.6. The lowest BCUT2D eigenvalue weighted by atomic mass is 9.90. The van der Waals surface area contributed by atoms with E-state index in [2.05, 4.69) is 4.98 Å². The third-order valence-electron chi connectivity index (χ3n) is 4.38. The molecule has 1 aliphatic heterocycles. The number of carboxylic acid groups (broad SMARTS) is 1. The molecule has 2 N–H and O–H groups in total. The van der Waals surface area contributed by atoms with E-state index in [0.717, 1.165) is 5.56 Å². The average molecular weight is 328 g/mol. The van der Waals surface area contributed by atoms with Gasteiger partial charge < -0.3 is 19.7 Å². The summed E-state index contributed by atoms with van der Waals surface area (Å²) in [6.07, 6.45) is 2.20. The van der Waals surface area contributed by atoms with Crippen LogP contribution in [0.3, 0.4) is 0 Å². The Kier molecular flexibility index (Phi) is 4.29. The van der Waals surface area contributed by atoms with Crippen LogP contribution in [0.1, 0.15) is 28.9 Å². The summed E-state index contributed by atoms with van der Waals surface area (Å²) < 4.78 is 5.86. The number of hydrogen-bond acceptors (Lipinski definition) is 3. The predicted octanol–water partition coefficient (Wildman–Crippen LogP) is 2.46. The molecular weight excluding hydrogens is 308 g/mol. The summed E-state index contributed by atoms with van der Waals surface area (Å²) in [5.41, 5.74) is 0.227. The molecule has 0 spiro atoms. The molecule has 1 amide bonds. The van der Waals surface area contributed by atoms with E-state index in [1.54, 1.807) is 29.3 Å². The molecule has 0 radical (unpaired) electrons. The number of piperidine rings is 1. The van der Waals surface area contributed by atoms with Crippen LogP contribution in [0.5, 0.6) is 5.75 Å². The van der Waals surface area contributed by atoms with Crippen LogP contribution in [0, 0.1) is 6.92 Å². The molecule has 3 rings (SSSR count). The third kappa shape index (κ3) is 3.13. The number of likely N-dealkylation sites (tertiary alicyclic amines) is 1. The van der Waals surface area contributed by atoms with Crippen molar-refractivity contribution >= 4 is 11.9 Å². The zero-order valence-electron chi connectivity index (χ0n) is 13.5. The Labute approximate surface area is 140 Å². The van der Waals surface area contributed by atoms with Gasteiger partial charge in [0.05, 0.1) is 0 Å². The average Bonchev–Trinajstić information content (AvgIpc) is 3.09. The number of aryl methyl sites for hydroxylation is 1. The molecule has 0 atom stereocenters. The minimum atomic E-state index is -1.29. The van der Waals surface area contributed by atoms with Crippen molar-refractivity contribution in [2.75, 3.05) is 13.1 Å². The van der Waals surface area contributed by atoms with Crippen LogP contribution < -0.4 is 4.74 Å². The molecule has 6 nitrogen and oxygen atoms in total. The Morgan fingerprint density at radius 2 is 1.96 bits per heavy atom. The highest BCUT2D eigenvalue weighted by molar-refractivity contribution is 5.92. The smallest absolute Gasteiger partial charge is 0.348 e. The van der Waals surface area contributed by atoms with Gasteiger partial charge in [0.2, 0.25) is 5.60 Å². The molecule has 0 bridgehead atoms. The van der Waals surface area contributed by atoms with E-state index in [0.29, 0.717) is 24.5 Å². The predicted molar refractivity (Wildman–Crippen MR) is 88.1 cm³/mol. The Balaban J connectivity index is 1.72. The van der Waals surface area contributed by atoms with Crippen molar-refractivity contribution in [2.45, 2.75) is 25.4 Å². The molecule has 6 heteroatoms. The van der Waals surface area contributed by atoms with Crippen molar-refractivity contribution in [3.8, 4) is 5.75 Å². The number of hydrogen-bond donors (Lipinski definition) is 2. The van der Waals surface area contributed by atoms with E-state index < -0.39 is 11.6 Å². The highest BCUT2D eigenvalue weighted by atomic mass is 16.5. The van der Waals surface area contributed by atoms with Gasteiger partial charge in [-0.3, -0.25) is 4.79 Å². The highest BCUT2D eigenvalue weighted by Crippen LogP contribution is 2.30. The van der Waals surface area contributed by atoms with Crippen molar-refractivity contribution in [1.82, 2.24) is 9.88 Å². The molecule has 0 unspecified atom stereocenters. The van der Waals surface area contributed by atoms with Gasteiger partial charge in [-0.25, -0.2) is 4.79 Å². The molecule has 1 aromatic carbocycles. The van der Waals surface area contributed by atoms with Crippen molar-refractivity contribution in [2.24, 2.45) is 0 Å². The lowest BCUT2D eigenvalue weighted by Gasteiger charge is -2.38. The van der Waals surface area contributed by atoms with Crippen molar-refractivity contribution in [1.29, 1.82) is 0 Å². The zero-order chi connectivity index (χ0) is 17.2. The Hall–Kier alpha value is -2.76. The van der Waals surface area contributed by atoms with Crippen LogP contribution in [0.4, 0.5) is 0 Å². The largest absolute Gasteiger partial charge is 0.478 e. The van der Waals surface area contributed by atoms with Gasteiger partial charge in [0.15, 0.2) is 0 Å². The number of amides is 1. The van der Waals surface area contributed by atoms with Gasteiger partial charge in [-0.1, -0.05) is 12.1 Å². The van der Waals surface area contributed by atoms with E-state index >= 15 is 0 Å². The molecule has 1 fully saturated rings. The van der Waals surface area contributed by atoms with E-state index in [1.165, 1.54) is 0 Å². The zero-order valence-corrected chi connectivity index (χ0v) is 13.5. The van der Waals surface area contributed by atoms with E-state index in [4.69, 9.17) is 4.74 Å². The summed E-state index contributed by atoms with van der Waals surface area (Å²) in [6, 6.07) is 10.8. The highest BCUT2D eigenvalue weighted by Gasteiger charge is 2.45. The minimum Gasteiger partial charge on any atom is -0.478 e. The van der Waals surface area contributed by atoms with Crippen LogP contribution in [-0.4, -0.2) is 45.6 Å². The van der Waals surface area contributed by atoms with Crippen LogP contribution in [-0.2, 0) is 4.79 Å². The Bertz CT molecular complexity index is 731. The van der Waals surface area contributed by atoms with Crippen LogP contribution in [0.25, 0.3) is 0 Å². The van der Waals surface area contributed by atoms with Crippen LogP contribution >= 0.6 is 0 Å². The summed E-state index contributed by atoms with van der Waals surface area (Å²) >= 11 is 0. The number of aromatic amines is 1. The molecule has 126 valence electrons. The number of carbonyl (C=O) groups excluding carboxylic acids is 1. The van der Waals surface area contributed by atoms with Gasteiger partial charge in [0.25, 0.3) is 5.91 Å². The number of carbonyl (C=O) groups is 2. The number of aliphatic carboxylic acids is 1. The lowest BCUT2D eigenvalue weighted by molar-refractivity contribution is -0.159. The molecule has 1 aliphatic rings. The lowest BCUT2D eigenvalue weighted by Crippen LogP contribution is -2.54. The second kappa shape index (κ2) is 6.39. The number of carboxylic acids is 1. The first-order valence-electron chi connectivity index (χ1n) is 7.92. The van der Waals surface area contributed by atoms with E-state index in [-0.39, 0.29) is 18.7 Å². The maximum absolute atomic E-state index is 12.4. The fourth-order valence-electron chi connectivity index (χ4n) is 2.97. The Morgan fingerprint density at radius 3 is 2.54 bits per heavy atom. The number of ether oxygens (including phenoxy) is 1. The maximum atomic E-state index is 12.4. The number of aromatic nitrogens is 1. The molecule has 24 heavy (non-hydrogen) atoms. The molecule has 2 heterocycles. The second-order valence-electron chi connectivity index (χ2n) is 6.09. The first-order chi connectivity index (χ1) is 11.5. The van der Waals surface area contributed by atoms with Gasteiger partial charge >= 0.3 is 5.97 Å². The molecular formula is C18H20N2O4. The van der Waals surface area contributed by atoms with Crippen LogP contribution in [0.15, 0.2) is 42.6 Å². The summed E-state index contributed by atoms with van der Waals surface area (Å²) in [6.45, 7) is 2.61. The van der Waals surface area contributed by atoms with Crippen molar-refractivity contribution in [3.05, 3.63) is 53.9 Å². The fourth-order valence-corrected chi connectivity index (χ4v) is 2.97. The number of nitrogens with zero attached hydrogens (tertiary/aromatic N) is 1.